The van der Waals surface area contributed by atoms with Crippen molar-refractivity contribution in [2.45, 2.75) is 27.7 Å². The third kappa shape index (κ3) is 2.84. The molecule has 19 heavy (non-hydrogen) atoms. The third-order valence-corrected chi connectivity index (χ3v) is 2.76. The van der Waals surface area contributed by atoms with Crippen LogP contribution < -0.4 is 0 Å². The highest BCUT2D eigenvalue weighted by atomic mass is 16.3. The van der Waals surface area contributed by atoms with Gasteiger partial charge in [-0.3, -0.25) is 0 Å². The van der Waals surface area contributed by atoms with E-state index >= 15 is 0 Å². The van der Waals surface area contributed by atoms with Gasteiger partial charge in [0.2, 0.25) is 5.89 Å². The second-order valence-electron chi connectivity index (χ2n) is 4.36. The van der Waals surface area contributed by atoms with E-state index < -0.39 is 0 Å². The summed E-state index contributed by atoms with van der Waals surface area (Å²) >= 11 is 0. The number of aromatic nitrogens is 1. The summed E-state index contributed by atoms with van der Waals surface area (Å²) in [7, 11) is 0. The molecule has 0 radical (unpaired) electrons. The fourth-order valence-electron chi connectivity index (χ4n) is 2.09. The Kier molecular flexibility index (Phi) is 4.00. The minimum Gasteiger partial charge on any atom is -0.436 e. The van der Waals surface area contributed by atoms with Crippen molar-refractivity contribution in [1.29, 1.82) is 0 Å². The van der Waals surface area contributed by atoms with E-state index in [-0.39, 0.29) is 0 Å². The molecule has 0 aliphatic carbocycles. The minimum absolute atomic E-state index is 0.693. The summed E-state index contributed by atoms with van der Waals surface area (Å²) in [5.74, 6) is 0.693. The van der Waals surface area contributed by atoms with Gasteiger partial charge in [-0.05, 0) is 38.1 Å². The first-order valence-corrected chi connectivity index (χ1v) is 6.66. The van der Waals surface area contributed by atoms with Crippen LogP contribution in [0.15, 0.2) is 46.9 Å². The molecule has 0 atom stereocenters. The predicted molar refractivity (Wildman–Crippen MR) is 80.3 cm³/mol. The summed E-state index contributed by atoms with van der Waals surface area (Å²) in [6.07, 6.45) is 0. The van der Waals surface area contributed by atoms with E-state index in [1.807, 2.05) is 38.1 Å². The van der Waals surface area contributed by atoms with E-state index in [2.05, 4.69) is 37.0 Å². The summed E-state index contributed by atoms with van der Waals surface area (Å²) in [5, 5.41) is 0. The Hall–Kier alpha value is -2.09. The molecule has 0 spiro atoms. The molecule has 3 aromatic rings. The molecule has 0 fully saturated rings. The van der Waals surface area contributed by atoms with Crippen molar-refractivity contribution in [1.82, 2.24) is 4.98 Å². The molecule has 0 unspecified atom stereocenters. The van der Waals surface area contributed by atoms with Crippen LogP contribution in [0.3, 0.4) is 0 Å². The highest BCUT2D eigenvalue weighted by Crippen LogP contribution is 2.25. The molecular formula is C17H19NO. The lowest BCUT2D eigenvalue weighted by molar-refractivity contribution is 0.619. The van der Waals surface area contributed by atoms with Crippen LogP contribution in [-0.2, 0) is 0 Å². The second kappa shape index (κ2) is 5.70. The van der Waals surface area contributed by atoms with Crippen LogP contribution >= 0.6 is 0 Å². The number of para-hydroxylation sites is 2. The summed E-state index contributed by atoms with van der Waals surface area (Å²) in [6, 6.07) is 14.2. The Balaban J connectivity index is 0.000000637. The van der Waals surface area contributed by atoms with Gasteiger partial charge in [-0.1, -0.05) is 43.2 Å². The minimum atomic E-state index is 0.693. The summed E-state index contributed by atoms with van der Waals surface area (Å²) in [5.41, 5.74) is 5.23. The molecule has 2 aromatic carbocycles. The maximum absolute atomic E-state index is 5.75. The Morgan fingerprint density at radius 1 is 0.895 bits per heavy atom. The monoisotopic (exact) mass is 253 g/mol. The highest BCUT2D eigenvalue weighted by molar-refractivity contribution is 5.76. The maximum Gasteiger partial charge on any atom is 0.227 e. The molecule has 1 heterocycles. The fraction of sp³-hybridized carbons (Fsp3) is 0.235. The number of hydrogen-bond donors (Lipinski definition) is 0. The van der Waals surface area contributed by atoms with Gasteiger partial charge in [0.15, 0.2) is 5.58 Å². The molecule has 0 bridgehead atoms. The SMILES string of the molecule is CC.Cc1cc(C)cc(-c2nc3ccccc3o2)c1. The van der Waals surface area contributed by atoms with Gasteiger partial charge in [0.05, 0.1) is 0 Å². The van der Waals surface area contributed by atoms with Gasteiger partial charge in [0.25, 0.3) is 0 Å². The fourth-order valence-corrected chi connectivity index (χ4v) is 2.09. The van der Waals surface area contributed by atoms with Crippen molar-refractivity contribution < 1.29 is 4.42 Å². The Morgan fingerprint density at radius 3 is 2.16 bits per heavy atom. The van der Waals surface area contributed by atoms with Crippen molar-refractivity contribution in [3.05, 3.63) is 53.6 Å². The molecule has 2 heteroatoms. The van der Waals surface area contributed by atoms with Crippen molar-refractivity contribution in [3.8, 4) is 11.5 Å². The Bertz CT molecular complexity index is 629. The van der Waals surface area contributed by atoms with Gasteiger partial charge in [0, 0.05) is 5.56 Å². The Morgan fingerprint density at radius 2 is 1.53 bits per heavy atom. The largest absolute Gasteiger partial charge is 0.436 e. The highest BCUT2D eigenvalue weighted by Gasteiger charge is 2.08. The summed E-state index contributed by atoms with van der Waals surface area (Å²) in [6.45, 7) is 8.16. The first-order chi connectivity index (χ1) is 9.22. The quantitative estimate of drug-likeness (QED) is 0.600. The number of oxazole rings is 1. The molecule has 1 aromatic heterocycles. The first kappa shape index (κ1) is 13.3. The lowest BCUT2D eigenvalue weighted by Gasteiger charge is -2.00. The molecule has 3 rings (SSSR count). The zero-order valence-electron chi connectivity index (χ0n) is 11.9. The third-order valence-electron chi connectivity index (χ3n) is 2.76. The van der Waals surface area contributed by atoms with Gasteiger partial charge in [-0.2, -0.15) is 0 Å². The topological polar surface area (TPSA) is 26.0 Å². The Labute approximate surface area is 114 Å². The summed E-state index contributed by atoms with van der Waals surface area (Å²) < 4.78 is 5.75. The standard InChI is InChI=1S/C15H13NO.C2H6/c1-10-7-11(2)9-12(8-10)15-16-13-5-3-4-6-14(13)17-15;1-2/h3-9H,1-2H3;1-2H3. The normalized spacial score (nSPS) is 10.1. The molecule has 0 saturated carbocycles. The zero-order valence-corrected chi connectivity index (χ0v) is 11.9. The van der Waals surface area contributed by atoms with Crippen LogP contribution in [0.4, 0.5) is 0 Å². The molecule has 0 amide bonds. The van der Waals surface area contributed by atoms with Crippen LogP contribution in [0.2, 0.25) is 0 Å². The average Bonchev–Trinajstić information content (AvgIpc) is 2.84. The predicted octanol–water partition coefficient (Wildman–Crippen LogP) is 5.14. The van der Waals surface area contributed by atoms with E-state index in [9.17, 15) is 0 Å². The second-order valence-corrected chi connectivity index (χ2v) is 4.36. The molecule has 0 aliphatic rings. The number of benzene rings is 2. The lowest BCUT2D eigenvalue weighted by atomic mass is 10.1. The van der Waals surface area contributed by atoms with Crippen molar-refractivity contribution in [2.75, 3.05) is 0 Å². The van der Waals surface area contributed by atoms with Gasteiger partial charge in [-0.15, -0.1) is 0 Å². The van der Waals surface area contributed by atoms with Crippen LogP contribution in [0.25, 0.3) is 22.6 Å². The maximum atomic E-state index is 5.75. The number of nitrogens with zero attached hydrogens (tertiary/aromatic N) is 1. The van der Waals surface area contributed by atoms with Crippen LogP contribution in [0.5, 0.6) is 0 Å². The van der Waals surface area contributed by atoms with E-state index in [0.29, 0.717) is 5.89 Å². The van der Waals surface area contributed by atoms with E-state index in [1.54, 1.807) is 0 Å². The molecule has 98 valence electrons. The number of hydrogen-bond acceptors (Lipinski definition) is 2. The zero-order chi connectivity index (χ0) is 13.8. The van der Waals surface area contributed by atoms with Crippen LogP contribution in [0, 0.1) is 13.8 Å². The molecule has 0 saturated heterocycles. The lowest BCUT2D eigenvalue weighted by Crippen LogP contribution is -1.82. The van der Waals surface area contributed by atoms with Gasteiger partial charge in [-0.25, -0.2) is 4.98 Å². The number of aryl methyl sites for hydroxylation is 2. The van der Waals surface area contributed by atoms with E-state index in [0.717, 1.165) is 16.7 Å². The number of fused-ring (bicyclic) bond motifs is 1. The smallest absolute Gasteiger partial charge is 0.227 e. The van der Waals surface area contributed by atoms with Crippen molar-refractivity contribution in [2.24, 2.45) is 0 Å². The molecule has 2 nitrogen and oxygen atoms in total. The summed E-state index contributed by atoms with van der Waals surface area (Å²) in [4.78, 5) is 4.50. The van der Waals surface area contributed by atoms with Crippen molar-refractivity contribution in [3.63, 3.8) is 0 Å². The van der Waals surface area contributed by atoms with E-state index in [1.165, 1.54) is 11.1 Å². The van der Waals surface area contributed by atoms with Crippen LogP contribution in [-0.4, -0.2) is 4.98 Å². The van der Waals surface area contributed by atoms with E-state index in [4.69, 9.17) is 4.42 Å². The van der Waals surface area contributed by atoms with Gasteiger partial charge < -0.3 is 4.42 Å². The number of rotatable bonds is 1. The first-order valence-electron chi connectivity index (χ1n) is 6.66. The van der Waals surface area contributed by atoms with Gasteiger partial charge >= 0.3 is 0 Å². The van der Waals surface area contributed by atoms with Gasteiger partial charge in [0.1, 0.15) is 5.52 Å². The molecule has 0 N–H and O–H groups in total. The van der Waals surface area contributed by atoms with Crippen LogP contribution in [0.1, 0.15) is 25.0 Å². The molecular weight excluding hydrogens is 234 g/mol. The molecule has 0 aliphatic heterocycles. The average molecular weight is 253 g/mol. The van der Waals surface area contributed by atoms with Crippen molar-refractivity contribution >= 4 is 11.1 Å².